The highest BCUT2D eigenvalue weighted by molar-refractivity contribution is 7.19. The predicted octanol–water partition coefficient (Wildman–Crippen LogP) is 3.77. The summed E-state index contributed by atoms with van der Waals surface area (Å²) in [6.07, 6.45) is -0.299. The van der Waals surface area contributed by atoms with Crippen LogP contribution in [-0.4, -0.2) is 85.8 Å². The summed E-state index contributed by atoms with van der Waals surface area (Å²) in [5, 5.41) is 20.6. The summed E-state index contributed by atoms with van der Waals surface area (Å²) < 4.78 is 12.3. The number of nitrogens with one attached hydrogen (secondary N) is 1. The summed E-state index contributed by atoms with van der Waals surface area (Å²) in [5.74, 6) is -0.342. The highest BCUT2D eigenvalue weighted by Crippen LogP contribution is 2.31. The van der Waals surface area contributed by atoms with Gasteiger partial charge < -0.3 is 29.5 Å². The van der Waals surface area contributed by atoms with Gasteiger partial charge in [0.1, 0.15) is 11.4 Å². The Morgan fingerprint density at radius 2 is 1.97 bits per heavy atom. The zero-order chi connectivity index (χ0) is 27.7. The van der Waals surface area contributed by atoms with Crippen molar-refractivity contribution in [3.63, 3.8) is 0 Å². The van der Waals surface area contributed by atoms with Crippen LogP contribution in [0.2, 0.25) is 4.34 Å². The van der Waals surface area contributed by atoms with Crippen molar-refractivity contribution in [1.29, 1.82) is 0 Å². The van der Waals surface area contributed by atoms with Crippen molar-refractivity contribution in [3.8, 4) is 10.6 Å². The van der Waals surface area contributed by atoms with Gasteiger partial charge in [0.15, 0.2) is 17.7 Å². The fourth-order valence-electron chi connectivity index (χ4n) is 4.72. The van der Waals surface area contributed by atoms with Gasteiger partial charge in [-0.2, -0.15) is 5.10 Å². The van der Waals surface area contributed by atoms with Crippen LogP contribution in [0.15, 0.2) is 28.8 Å². The summed E-state index contributed by atoms with van der Waals surface area (Å²) in [4.78, 5) is 42.0. The Labute approximate surface area is 233 Å². The molecular formula is C25H29ClN6O6S. The molecule has 2 aliphatic heterocycles. The molecule has 208 valence electrons. The number of hydrogen-bond acceptors (Lipinski definition) is 9. The van der Waals surface area contributed by atoms with Gasteiger partial charge in [0.05, 0.1) is 15.8 Å². The first-order valence-electron chi connectivity index (χ1n) is 12.7. The fraction of sp³-hybridized carbons (Fsp3) is 0.480. The number of carbonyl (C=O) groups is 3. The average molecular weight is 577 g/mol. The zero-order valence-corrected chi connectivity index (χ0v) is 23.1. The number of rotatable bonds is 8. The number of halogens is 1. The van der Waals surface area contributed by atoms with Crippen LogP contribution in [0.4, 0.5) is 4.79 Å². The number of ether oxygens (including phenoxy) is 1. The van der Waals surface area contributed by atoms with E-state index in [-0.39, 0.29) is 29.9 Å². The molecule has 39 heavy (non-hydrogen) atoms. The molecule has 0 bridgehead atoms. The van der Waals surface area contributed by atoms with Gasteiger partial charge in [-0.1, -0.05) is 16.8 Å². The molecular weight excluding hydrogens is 548 g/mol. The maximum absolute atomic E-state index is 13.4. The maximum Gasteiger partial charge on any atom is 0.507 e. The Balaban J connectivity index is 1.35. The topological polar surface area (TPSA) is 143 Å². The van der Waals surface area contributed by atoms with Crippen molar-refractivity contribution in [3.05, 3.63) is 45.7 Å². The SMILES string of the molecule is CC(C)N1CCC(NC(=O)c2cc(C(=O)N3CCC3OC(=O)O)n(Cc3cc(-c4ccc(Cl)s4)on3)n2)CC1. The lowest BCUT2D eigenvalue weighted by molar-refractivity contribution is -0.0754. The van der Waals surface area contributed by atoms with Crippen LogP contribution in [0.5, 0.6) is 0 Å². The van der Waals surface area contributed by atoms with Crippen molar-refractivity contribution >= 4 is 40.9 Å². The highest BCUT2D eigenvalue weighted by Gasteiger charge is 2.38. The number of piperidine rings is 1. The number of nitrogens with zero attached hydrogens (tertiary/aromatic N) is 5. The zero-order valence-electron chi connectivity index (χ0n) is 21.5. The Bertz CT molecular complexity index is 1360. The molecule has 0 saturated carbocycles. The first-order chi connectivity index (χ1) is 18.7. The van der Waals surface area contributed by atoms with Crippen LogP contribution in [-0.2, 0) is 11.3 Å². The Hall–Kier alpha value is -3.42. The number of likely N-dealkylation sites (tertiary alicyclic amines) is 2. The van der Waals surface area contributed by atoms with Gasteiger partial charge in [-0.3, -0.25) is 14.3 Å². The van der Waals surface area contributed by atoms with Gasteiger partial charge in [0, 0.05) is 50.3 Å². The quantitative estimate of drug-likeness (QED) is 0.383. The molecule has 3 aromatic rings. The summed E-state index contributed by atoms with van der Waals surface area (Å²) >= 11 is 7.38. The molecule has 14 heteroatoms. The highest BCUT2D eigenvalue weighted by atomic mass is 35.5. The molecule has 1 unspecified atom stereocenters. The van der Waals surface area contributed by atoms with Crippen LogP contribution in [0.25, 0.3) is 10.6 Å². The summed E-state index contributed by atoms with van der Waals surface area (Å²) in [6.45, 7) is 6.48. The normalized spacial score (nSPS) is 18.3. The second-order valence-corrected chi connectivity index (χ2v) is 11.6. The van der Waals surface area contributed by atoms with E-state index in [9.17, 15) is 14.4 Å². The molecule has 2 saturated heterocycles. The van der Waals surface area contributed by atoms with Gasteiger partial charge in [0.25, 0.3) is 11.8 Å². The van der Waals surface area contributed by atoms with Crippen molar-refractivity contribution in [2.45, 2.75) is 58.0 Å². The van der Waals surface area contributed by atoms with Crippen LogP contribution in [0.1, 0.15) is 59.8 Å². The van der Waals surface area contributed by atoms with E-state index in [1.165, 1.54) is 27.0 Å². The lowest BCUT2D eigenvalue weighted by atomic mass is 10.0. The van der Waals surface area contributed by atoms with E-state index < -0.39 is 18.3 Å². The number of amides is 2. The van der Waals surface area contributed by atoms with Gasteiger partial charge >= 0.3 is 6.16 Å². The van der Waals surface area contributed by atoms with Crippen molar-refractivity contribution < 1.29 is 28.8 Å². The minimum absolute atomic E-state index is 0.0104. The van der Waals surface area contributed by atoms with Crippen molar-refractivity contribution in [2.24, 2.45) is 0 Å². The van der Waals surface area contributed by atoms with Crippen LogP contribution in [0, 0.1) is 0 Å². The van der Waals surface area contributed by atoms with Crippen molar-refractivity contribution in [2.75, 3.05) is 19.6 Å². The predicted molar refractivity (Wildman–Crippen MR) is 142 cm³/mol. The molecule has 5 heterocycles. The Kier molecular flexibility index (Phi) is 7.91. The minimum Gasteiger partial charge on any atom is -0.450 e. The second kappa shape index (κ2) is 11.4. The summed E-state index contributed by atoms with van der Waals surface area (Å²) in [6, 6.07) is 7.19. The van der Waals surface area contributed by atoms with Crippen LogP contribution >= 0.6 is 22.9 Å². The maximum atomic E-state index is 13.4. The average Bonchev–Trinajstić information content (AvgIpc) is 3.62. The van der Waals surface area contributed by atoms with E-state index in [0.717, 1.165) is 30.8 Å². The lowest BCUT2D eigenvalue weighted by Gasteiger charge is -2.38. The molecule has 12 nitrogen and oxygen atoms in total. The largest absolute Gasteiger partial charge is 0.507 e. The lowest BCUT2D eigenvalue weighted by Crippen LogP contribution is -2.53. The third-order valence-corrected chi connectivity index (χ3v) is 8.22. The van der Waals surface area contributed by atoms with E-state index in [1.54, 1.807) is 12.1 Å². The summed E-state index contributed by atoms with van der Waals surface area (Å²) in [7, 11) is 0. The molecule has 0 radical (unpaired) electrons. The molecule has 5 rings (SSSR count). The second-order valence-electron chi connectivity index (χ2n) is 9.86. The van der Waals surface area contributed by atoms with E-state index in [0.29, 0.717) is 34.8 Å². The first-order valence-corrected chi connectivity index (χ1v) is 13.9. The van der Waals surface area contributed by atoms with E-state index >= 15 is 0 Å². The van der Waals surface area contributed by atoms with Crippen LogP contribution in [0.3, 0.4) is 0 Å². The molecule has 2 amide bonds. The number of thiophene rings is 1. The molecule has 2 N–H and O–H groups in total. The standard InChI is InChI=1S/C25H29ClN6O6S/c1-14(2)30-8-5-15(6-9-30)27-23(33)17-12-18(24(34)31-10-7-22(31)37-25(35)36)32(28-17)13-16-11-19(38-29-16)20-3-4-21(26)39-20/h3-4,11-12,14-15,22H,5-10,13H2,1-2H3,(H,27,33)(H,35,36). The fourth-order valence-corrected chi connectivity index (χ4v) is 5.72. The number of hydrogen-bond donors (Lipinski definition) is 2. The molecule has 3 aromatic heterocycles. The molecule has 0 aliphatic carbocycles. The number of carboxylic acid groups (broad SMARTS) is 1. The third kappa shape index (κ3) is 6.10. The smallest absolute Gasteiger partial charge is 0.450 e. The Morgan fingerprint density at radius 1 is 1.21 bits per heavy atom. The number of carbonyl (C=O) groups excluding carboxylic acids is 2. The monoisotopic (exact) mass is 576 g/mol. The van der Waals surface area contributed by atoms with Gasteiger partial charge in [-0.05, 0) is 38.8 Å². The van der Waals surface area contributed by atoms with Gasteiger partial charge in [-0.15, -0.1) is 11.3 Å². The Morgan fingerprint density at radius 3 is 2.59 bits per heavy atom. The van der Waals surface area contributed by atoms with E-state index in [4.69, 9.17) is 26.0 Å². The third-order valence-electron chi connectivity index (χ3n) is 6.98. The first kappa shape index (κ1) is 27.2. The van der Waals surface area contributed by atoms with Crippen LogP contribution < -0.4 is 5.32 Å². The molecule has 0 spiro atoms. The molecule has 0 aromatic carbocycles. The molecule has 2 aliphatic rings. The summed E-state index contributed by atoms with van der Waals surface area (Å²) in [5.41, 5.74) is 0.702. The molecule has 1 atom stereocenters. The van der Waals surface area contributed by atoms with Crippen molar-refractivity contribution in [1.82, 2.24) is 30.1 Å². The van der Waals surface area contributed by atoms with Gasteiger partial charge in [-0.25, -0.2) is 4.79 Å². The number of aromatic nitrogens is 3. The van der Waals surface area contributed by atoms with E-state index in [2.05, 4.69) is 34.3 Å². The minimum atomic E-state index is -1.46. The van der Waals surface area contributed by atoms with E-state index in [1.807, 2.05) is 6.07 Å². The molecule has 2 fully saturated rings. The van der Waals surface area contributed by atoms with Gasteiger partial charge in [0.2, 0.25) is 0 Å².